The summed E-state index contributed by atoms with van der Waals surface area (Å²) in [6.07, 6.45) is 0.566. The largest absolute Gasteiger partial charge is 0.493 e. The fraction of sp³-hybridized carbons (Fsp3) is 0.240. The van der Waals surface area contributed by atoms with E-state index in [2.05, 4.69) is 5.32 Å². The van der Waals surface area contributed by atoms with Crippen LogP contribution < -0.4 is 26.0 Å². The fourth-order valence-electron chi connectivity index (χ4n) is 3.83. The molecule has 0 fully saturated rings. The van der Waals surface area contributed by atoms with Crippen LogP contribution in [0, 0.1) is 6.92 Å². The summed E-state index contributed by atoms with van der Waals surface area (Å²) in [7, 11) is 3.14. The molecule has 0 spiro atoms. The number of thiophene rings is 1. The number of hydrogen-bond acceptors (Lipinski definition) is 6. The van der Waals surface area contributed by atoms with Crippen molar-refractivity contribution in [3.63, 3.8) is 0 Å². The van der Waals surface area contributed by atoms with Crippen LogP contribution in [-0.4, -0.2) is 35.8 Å². The van der Waals surface area contributed by atoms with Gasteiger partial charge in [0.15, 0.2) is 11.5 Å². The highest BCUT2D eigenvalue weighted by molar-refractivity contribution is 7.18. The number of benzene rings is 2. The maximum absolute atomic E-state index is 13.4. The lowest BCUT2D eigenvalue weighted by molar-refractivity contribution is -0.121. The van der Waals surface area contributed by atoms with E-state index in [0.29, 0.717) is 45.4 Å². The lowest BCUT2D eigenvalue weighted by atomic mass is 10.1. The average Bonchev–Trinajstić information content (AvgIpc) is 3.23. The van der Waals surface area contributed by atoms with Crippen LogP contribution in [0.5, 0.6) is 11.5 Å². The van der Waals surface area contributed by atoms with Gasteiger partial charge in [0, 0.05) is 16.4 Å². The first-order valence-electron chi connectivity index (χ1n) is 10.8. The predicted octanol–water partition coefficient (Wildman–Crippen LogP) is 3.55. The number of nitrogens with zero attached hydrogens (tertiary/aromatic N) is 2. The van der Waals surface area contributed by atoms with Crippen molar-refractivity contribution in [2.45, 2.75) is 19.9 Å². The number of methoxy groups -OCH3 is 2. The molecule has 0 bridgehead atoms. The van der Waals surface area contributed by atoms with Crippen LogP contribution in [0.15, 0.2) is 58.1 Å². The van der Waals surface area contributed by atoms with Gasteiger partial charge in [0.2, 0.25) is 5.91 Å². The van der Waals surface area contributed by atoms with Gasteiger partial charge >= 0.3 is 5.69 Å². The third-order valence-corrected chi connectivity index (χ3v) is 6.80. The number of amides is 1. The second-order valence-electron chi connectivity index (χ2n) is 7.85. The van der Waals surface area contributed by atoms with Crippen LogP contribution in [0.4, 0.5) is 0 Å². The molecule has 2 aromatic carbocycles. The molecular formula is C25H24ClN3O5S. The molecule has 35 heavy (non-hydrogen) atoms. The minimum atomic E-state index is -0.596. The monoisotopic (exact) mass is 513 g/mol. The van der Waals surface area contributed by atoms with Crippen molar-refractivity contribution < 1.29 is 14.3 Å². The number of halogens is 1. The summed E-state index contributed by atoms with van der Waals surface area (Å²) in [5, 5.41) is 3.63. The van der Waals surface area contributed by atoms with E-state index in [1.165, 1.54) is 15.9 Å². The maximum atomic E-state index is 13.4. The minimum absolute atomic E-state index is 0.220. The first kappa shape index (κ1) is 24.6. The van der Waals surface area contributed by atoms with Gasteiger partial charge < -0.3 is 14.8 Å². The Morgan fingerprint density at radius 2 is 1.83 bits per heavy atom. The van der Waals surface area contributed by atoms with Crippen LogP contribution in [0.1, 0.15) is 10.4 Å². The zero-order chi connectivity index (χ0) is 25.1. The summed E-state index contributed by atoms with van der Waals surface area (Å²) in [5.41, 5.74) is 0.273. The Hall–Kier alpha value is -3.56. The van der Waals surface area contributed by atoms with Gasteiger partial charge in [-0.15, -0.1) is 11.3 Å². The Bertz CT molecular complexity index is 1520. The number of carbonyl (C=O) groups excluding carboxylic acids is 1. The van der Waals surface area contributed by atoms with Crippen molar-refractivity contribution in [1.29, 1.82) is 0 Å². The molecule has 1 amide bonds. The molecule has 0 saturated heterocycles. The quantitative estimate of drug-likeness (QED) is 0.389. The van der Waals surface area contributed by atoms with Gasteiger partial charge in [-0.2, -0.15) is 0 Å². The maximum Gasteiger partial charge on any atom is 0.337 e. The number of nitrogens with one attached hydrogen (secondary N) is 1. The van der Waals surface area contributed by atoms with Crippen molar-refractivity contribution >= 4 is 39.1 Å². The summed E-state index contributed by atoms with van der Waals surface area (Å²) in [4.78, 5) is 40.6. The second-order valence-corrected chi connectivity index (χ2v) is 9.53. The molecule has 0 aliphatic heterocycles. The number of hydrogen-bond donors (Lipinski definition) is 1. The highest BCUT2D eigenvalue weighted by atomic mass is 35.5. The fourth-order valence-corrected chi connectivity index (χ4v) is 5.01. The highest BCUT2D eigenvalue weighted by Crippen LogP contribution is 2.27. The number of rotatable bonds is 8. The Kier molecular flexibility index (Phi) is 7.28. The van der Waals surface area contributed by atoms with Gasteiger partial charge in [-0.3, -0.25) is 14.2 Å². The lowest BCUT2D eigenvalue weighted by Gasteiger charge is -2.13. The Balaban J connectivity index is 1.59. The molecule has 2 heterocycles. The molecule has 8 nitrogen and oxygen atoms in total. The van der Waals surface area contributed by atoms with E-state index in [0.717, 1.165) is 15.0 Å². The number of carbonyl (C=O) groups is 1. The molecule has 0 radical (unpaired) electrons. The van der Waals surface area contributed by atoms with E-state index in [-0.39, 0.29) is 12.5 Å². The SMILES string of the molecule is COc1ccc(CCNC(=O)Cn2c(=O)n(-c3cccc(Cl)c3)c(=O)c3cc(C)sc32)cc1OC. The van der Waals surface area contributed by atoms with E-state index in [1.807, 2.05) is 25.1 Å². The van der Waals surface area contributed by atoms with Crippen molar-refractivity contribution in [2.75, 3.05) is 20.8 Å². The summed E-state index contributed by atoms with van der Waals surface area (Å²) < 4.78 is 13.0. The van der Waals surface area contributed by atoms with Gasteiger partial charge in [-0.05, 0) is 55.3 Å². The molecule has 0 aliphatic rings. The number of fused-ring (bicyclic) bond motifs is 1. The third kappa shape index (κ3) is 5.11. The van der Waals surface area contributed by atoms with Crippen LogP contribution >= 0.6 is 22.9 Å². The first-order chi connectivity index (χ1) is 16.8. The lowest BCUT2D eigenvalue weighted by Crippen LogP contribution is -2.41. The highest BCUT2D eigenvalue weighted by Gasteiger charge is 2.18. The van der Waals surface area contributed by atoms with E-state index in [1.54, 1.807) is 44.6 Å². The Morgan fingerprint density at radius 3 is 2.54 bits per heavy atom. The summed E-state index contributed by atoms with van der Waals surface area (Å²) in [5.74, 6) is 0.905. The molecular weight excluding hydrogens is 490 g/mol. The smallest absolute Gasteiger partial charge is 0.337 e. The van der Waals surface area contributed by atoms with Crippen molar-refractivity contribution in [3.05, 3.63) is 84.8 Å². The molecule has 0 saturated carbocycles. The van der Waals surface area contributed by atoms with Gasteiger partial charge in [0.25, 0.3) is 5.56 Å². The molecule has 1 N–H and O–H groups in total. The predicted molar refractivity (Wildman–Crippen MR) is 138 cm³/mol. The number of aromatic nitrogens is 2. The van der Waals surface area contributed by atoms with Crippen molar-refractivity contribution in [3.8, 4) is 17.2 Å². The molecule has 10 heteroatoms. The van der Waals surface area contributed by atoms with E-state index >= 15 is 0 Å². The summed E-state index contributed by atoms with van der Waals surface area (Å²) in [6.45, 7) is 2.00. The van der Waals surface area contributed by atoms with E-state index < -0.39 is 11.2 Å². The molecule has 0 atom stereocenters. The molecule has 4 rings (SSSR count). The number of ether oxygens (including phenoxy) is 2. The third-order valence-electron chi connectivity index (χ3n) is 5.49. The second kappa shape index (κ2) is 10.4. The standard InChI is InChI=1S/C25H24ClN3O5S/c1-15-11-19-23(31)29(18-6-4-5-17(26)13-18)25(32)28(24(19)35-15)14-22(30)27-10-9-16-7-8-20(33-2)21(12-16)34-3/h4-8,11-13H,9-10,14H2,1-3H3,(H,27,30). The molecule has 0 unspecified atom stereocenters. The van der Waals surface area contributed by atoms with Gasteiger partial charge in [0.05, 0.1) is 25.3 Å². The van der Waals surface area contributed by atoms with E-state index in [4.69, 9.17) is 21.1 Å². The average molecular weight is 514 g/mol. The van der Waals surface area contributed by atoms with Crippen LogP contribution in [0.2, 0.25) is 5.02 Å². The zero-order valence-corrected chi connectivity index (χ0v) is 21.0. The van der Waals surface area contributed by atoms with Gasteiger partial charge in [0.1, 0.15) is 11.4 Å². The van der Waals surface area contributed by atoms with Crippen LogP contribution in [-0.2, 0) is 17.8 Å². The Morgan fingerprint density at radius 1 is 1.06 bits per heavy atom. The normalized spacial score (nSPS) is 11.0. The van der Waals surface area contributed by atoms with Crippen LogP contribution in [0.25, 0.3) is 15.9 Å². The van der Waals surface area contributed by atoms with Gasteiger partial charge in [-0.25, -0.2) is 9.36 Å². The first-order valence-corrected chi connectivity index (χ1v) is 12.0. The molecule has 4 aromatic rings. The minimum Gasteiger partial charge on any atom is -0.493 e. The summed E-state index contributed by atoms with van der Waals surface area (Å²) in [6, 6.07) is 13.8. The van der Waals surface area contributed by atoms with Crippen LogP contribution in [0.3, 0.4) is 0 Å². The van der Waals surface area contributed by atoms with Crippen molar-refractivity contribution in [2.24, 2.45) is 0 Å². The Labute approximate surface area is 210 Å². The topological polar surface area (TPSA) is 91.6 Å². The van der Waals surface area contributed by atoms with E-state index in [9.17, 15) is 14.4 Å². The molecule has 182 valence electrons. The molecule has 2 aromatic heterocycles. The summed E-state index contributed by atoms with van der Waals surface area (Å²) >= 11 is 7.39. The van der Waals surface area contributed by atoms with Gasteiger partial charge in [-0.1, -0.05) is 23.7 Å². The molecule has 0 aliphatic carbocycles. The number of aryl methyl sites for hydroxylation is 1. The van der Waals surface area contributed by atoms with Crippen molar-refractivity contribution in [1.82, 2.24) is 14.5 Å². The zero-order valence-electron chi connectivity index (χ0n) is 19.5.